The Labute approximate surface area is 151 Å². The molecule has 0 aromatic rings. The molecule has 25 heavy (non-hydrogen) atoms. The third-order valence-electron chi connectivity index (χ3n) is 6.72. The molecule has 2 heterocycles. The van der Waals surface area contributed by atoms with Crippen LogP contribution < -0.4 is 0 Å². The van der Waals surface area contributed by atoms with Crippen LogP contribution in [-0.4, -0.2) is 60.0 Å². The zero-order valence-corrected chi connectivity index (χ0v) is 15.4. The standard InChI is InChI=1S/C20H32N2O3/c23-18-8-10-21(19(24)12-16-4-2-1-3-5-16)14-20(9-11-25-15-20)22(18)13-17-6-7-17/h16-17H,1-15H2. The van der Waals surface area contributed by atoms with Crippen LogP contribution in [0.1, 0.15) is 64.2 Å². The quantitative estimate of drug-likeness (QED) is 0.785. The Balaban J connectivity index is 1.46. The Hall–Kier alpha value is -1.10. The van der Waals surface area contributed by atoms with Crippen molar-refractivity contribution in [1.29, 1.82) is 0 Å². The largest absolute Gasteiger partial charge is 0.379 e. The van der Waals surface area contributed by atoms with E-state index in [0.29, 0.717) is 51.0 Å². The second-order valence-electron chi connectivity index (χ2n) is 8.75. The number of nitrogens with zero attached hydrogens (tertiary/aromatic N) is 2. The Kier molecular flexibility index (Phi) is 5.03. The number of rotatable bonds is 4. The van der Waals surface area contributed by atoms with Gasteiger partial charge in [0, 0.05) is 39.1 Å². The van der Waals surface area contributed by atoms with Crippen LogP contribution in [0.5, 0.6) is 0 Å². The minimum atomic E-state index is -0.265. The van der Waals surface area contributed by atoms with E-state index in [2.05, 4.69) is 4.90 Å². The van der Waals surface area contributed by atoms with Crippen molar-refractivity contribution in [3.8, 4) is 0 Å². The summed E-state index contributed by atoms with van der Waals surface area (Å²) < 4.78 is 5.72. The lowest BCUT2D eigenvalue weighted by atomic mass is 9.86. The molecule has 2 aliphatic heterocycles. The third kappa shape index (κ3) is 3.86. The lowest BCUT2D eigenvalue weighted by Gasteiger charge is -2.41. The molecule has 0 bridgehead atoms. The lowest BCUT2D eigenvalue weighted by molar-refractivity contribution is -0.138. The predicted molar refractivity (Wildman–Crippen MR) is 95.0 cm³/mol. The van der Waals surface area contributed by atoms with E-state index >= 15 is 0 Å². The molecule has 140 valence electrons. The summed E-state index contributed by atoms with van der Waals surface area (Å²) in [7, 11) is 0. The normalized spacial score (nSPS) is 31.6. The second kappa shape index (κ2) is 7.26. The van der Waals surface area contributed by atoms with Gasteiger partial charge in [0.05, 0.1) is 12.1 Å². The fourth-order valence-electron chi connectivity index (χ4n) is 4.92. The van der Waals surface area contributed by atoms with Gasteiger partial charge in [0.2, 0.25) is 11.8 Å². The van der Waals surface area contributed by atoms with E-state index in [0.717, 1.165) is 13.0 Å². The van der Waals surface area contributed by atoms with E-state index in [1.807, 2.05) is 4.90 Å². The highest BCUT2D eigenvalue weighted by Crippen LogP contribution is 2.37. The predicted octanol–water partition coefficient (Wildman–Crippen LogP) is 2.59. The van der Waals surface area contributed by atoms with Crippen molar-refractivity contribution >= 4 is 11.8 Å². The first-order valence-corrected chi connectivity index (χ1v) is 10.3. The Morgan fingerprint density at radius 2 is 1.92 bits per heavy atom. The van der Waals surface area contributed by atoms with Gasteiger partial charge < -0.3 is 14.5 Å². The number of hydrogen-bond acceptors (Lipinski definition) is 3. The molecule has 2 saturated heterocycles. The summed E-state index contributed by atoms with van der Waals surface area (Å²) in [6.07, 6.45) is 10.8. The van der Waals surface area contributed by atoms with Gasteiger partial charge in [0.1, 0.15) is 0 Å². The molecule has 4 fully saturated rings. The minimum Gasteiger partial charge on any atom is -0.379 e. The van der Waals surface area contributed by atoms with Gasteiger partial charge in [-0.05, 0) is 43.9 Å². The molecular weight excluding hydrogens is 316 g/mol. The molecule has 0 aromatic heterocycles. The summed E-state index contributed by atoms with van der Waals surface area (Å²) in [5.74, 6) is 1.72. The average molecular weight is 348 g/mol. The van der Waals surface area contributed by atoms with Crippen LogP contribution in [0, 0.1) is 11.8 Å². The Morgan fingerprint density at radius 3 is 2.60 bits per heavy atom. The van der Waals surface area contributed by atoms with E-state index in [4.69, 9.17) is 4.74 Å². The first-order valence-electron chi connectivity index (χ1n) is 10.3. The summed E-state index contributed by atoms with van der Waals surface area (Å²) in [6.45, 7) is 3.44. The highest BCUT2D eigenvalue weighted by atomic mass is 16.5. The minimum absolute atomic E-state index is 0.227. The molecule has 0 radical (unpaired) electrons. The van der Waals surface area contributed by atoms with Crippen LogP contribution in [-0.2, 0) is 14.3 Å². The number of amides is 2. The summed E-state index contributed by atoms with van der Waals surface area (Å²) >= 11 is 0. The molecular formula is C20H32N2O3. The second-order valence-corrected chi connectivity index (χ2v) is 8.75. The maximum Gasteiger partial charge on any atom is 0.224 e. The van der Waals surface area contributed by atoms with Crippen LogP contribution in [0.25, 0.3) is 0 Å². The highest BCUT2D eigenvalue weighted by Gasteiger charge is 2.48. The first-order chi connectivity index (χ1) is 12.2. The van der Waals surface area contributed by atoms with Gasteiger partial charge >= 0.3 is 0 Å². The zero-order chi connectivity index (χ0) is 17.3. The number of ether oxygens (including phenoxy) is 1. The molecule has 4 rings (SSSR count). The molecule has 0 N–H and O–H groups in total. The molecule has 5 heteroatoms. The van der Waals surface area contributed by atoms with Crippen molar-refractivity contribution in [2.24, 2.45) is 11.8 Å². The van der Waals surface area contributed by atoms with E-state index < -0.39 is 0 Å². The fraction of sp³-hybridized carbons (Fsp3) is 0.900. The molecule has 1 atom stereocenters. The summed E-state index contributed by atoms with van der Waals surface area (Å²) in [5.41, 5.74) is -0.265. The highest BCUT2D eigenvalue weighted by molar-refractivity contribution is 5.81. The van der Waals surface area contributed by atoms with E-state index in [9.17, 15) is 9.59 Å². The van der Waals surface area contributed by atoms with Gasteiger partial charge in [-0.3, -0.25) is 9.59 Å². The van der Waals surface area contributed by atoms with E-state index in [1.54, 1.807) is 0 Å². The molecule has 2 saturated carbocycles. The Morgan fingerprint density at radius 1 is 1.12 bits per heavy atom. The Bertz CT molecular complexity index is 505. The first kappa shape index (κ1) is 17.3. The van der Waals surface area contributed by atoms with Gasteiger partial charge in [-0.1, -0.05) is 19.3 Å². The summed E-state index contributed by atoms with van der Waals surface area (Å²) in [6, 6.07) is 0. The van der Waals surface area contributed by atoms with Gasteiger partial charge in [0.15, 0.2) is 0 Å². The third-order valence-corrected chi connectivity index (χ3v) is 6.72. The van der Waals surface area contributed by atoms with Crippen LogP contribution in [0.4, 0.5) is 0 Å². The van der Waals surface area contributed by atoms with Gasteiger partial charge in [-0.2, -0.15) is 0 Å². The van der Waals surface area contributed by atoms with Gasteiger partial charge in [-0.15, -0.1) is 0 Å². The molecule has 4 aliphatic rings. The van der Waals surface area contributed by atoms with Crippen molar-refractivity contribution in [1.82, 2.24) is 9.80 Å². The molecule has 1 spiro atoms. The van der Waals surface area contributed by atoms with Crippen molar-refractivity contribution in [3.05, 3.63) is 0 Å². The topological polar surface area (TPSA) is 49.9 Å². The maximum atomic E-state index is 13.0. The lowest BCUT2D eigenvalue weighted by Crippen LogP contribution is -2.57. The van der Waals surface area contributed by atoms with Gasteiger partial charge in [0.25, 0.3) is 0 Å². The zero-order valence-electron chi connectivity index (χ0n) is 15.4. The molecule has 1 unspecified atom stereocenters. The monoisotopic (exact) mass is 348 g/mol. The number of hydrogen-bond donors (Lipinski definition) is 0. The van der Waals surface area contributed by atoms with Crippen molar-refractivity contribution in [3.63, 3.8) is 0 Å². The van der Waals surface area contributed by atoms with E-state index in [1.165, 1.54) is 44.9 Å². The summed E-state index contributed by atoms with van der Waals surface area (Å²) in [5, 5.41) is 0. The van der Waals surface area contributed by atoms with Crippen LogP contribution in [0.2, 0.25) is 0 Å². The summed E-state index contributed by atoms with van der Waals surface area (Å²) in [4.78, 5) is 29.9. The average Bonchev–Trinajstić information content (AvgIpc) is 3.35. The number of carbonyl (C=O) groups excluding carboxylic acids is 2. The van der Waals surface area contributed by atoms with Crippen LogP contribution in [0.15, 0.2) is 0 Å². The fourth-order valence-corrected chi connectivity index (χ4v) is 4.92. The smallest absolute Gasteiger partial charge is 0.224 e. The molecule has 2 aliphatic carbocycles. The molecule has 2 amide bonds. The van der Waals surface area contributed by atoms with E-state index in [-0.39, 0.29) is 17.4 Å². The van der Waals surface area contributed by atoms with Crippen molar-refractivity contribution in [2.75, 3.05) is 32.8 Å². The number of carbonyl (C=O) groups is 2. The van der Waals surface area contributed by atoms with Crippen molar-refractivity contribution in [2.45, 2.75) is 69.7 Å². The van der Waals surface area contributed by atoms with Gasteiger partial charge in [-0.25, -0.2) is 0 Å². The SMILES string of the molecule is O=C(CC1CCCCC1)N1CCC(=O)N(CC2CC2)C2(CCOC2)C1. The van der Waals surface area contributed by atoms with Crippen LogP contribution in [0.3, 0.4) is 0 Å². The maximum absolute atomic E-state index is 13.0. The molecule has 0 aromatic carbocycles. The molecule has 5 nitrogen and oxygen atoms in total. The van der Waals surface area contributed by atoms with Crippen molar-refractivity contribution < 1.29 is 14.3 Å². The van der Waals surface area contributed by atoms with Crippen LogP contribution >= 0.6 is 0 Å².